The molecule has 6 N–H and O–H groups in total. The Morgan fingerprint density at radius 1 is 0.667 bits per heavy atom. The highest BCUT2D eigenvalue weighted by atomic mass is 79.9. The highest BCUT2D eigenvalue weighted by molar-refractivity contribution is 9.11. The highest BCUT2D eigenvalue weighted by Crippen LogP contribution is 2.42. The summed E-state index contributed by atoms with van der Waals surface area (Å²) < 4.78 is 12.7. The summed E-state index contributed by atoms with van der Waals surface area (Å²) in [5, 5.41) is 43.5. The van der Waals surface area contributed by atoms with Gasteiger partial charge in [0.2, 0.25) is 11.8 Å². The third kappa shape index (κ3) is 9.58. The van der Waals surface area contributed by atoms with Crippen molar-refractivity contribution in [2.75, 3.05) is 27.3 Å². The summed E-state index contributed by atoms with van der Waals surface area (Å²) in [5.41, 5.74) is 6.36. The third-order valence-electron chi connectivity index (χ3n) is 7.32. The summed E-state index contributed by atoms with van der Waals surface area (Å²) in [7, 11) is 3.06. The largest absolute Gasteiger partial charge is 0.481 e. The Kier molecular flexibility index (Phi) is 13.4. The molecule has 0 bridgehead atoms. The molecule has 0 aliphatic carbocycles. The van der Waals surface area contributed by atoms with Crippen molar-refractivity contribution in [3.63, 3.8) is 0 Å². The highest BCUT2D eigenvalue weighted by Gasteiger charge is 2.18. The van der Waals surface area contributed by atoms with Crippen LogP contribution in [0.1, 0.15) is 24.0 Å². The number of nitrogens with zero attached hydrogens (tertiary/aromatic N) is 2. The summed E-state index contributed by atoms with van der Waals surface area (Å²) in [6.07, 6.45) is -2.69. The summed E-state index contributed by atoms with van der Waals surface area (Å²) in [6.45, 7) is 0.897. The van der Waals surface area contributed by atoms with Crippen LogP contribution in [0.3, 0.4) is 0 Å². The topological polar surface area (TPSA) is 183 Å². The Labute approximate surface area is 294 Å². The fraction of sp³-hybridized carbons (Fsp3) is 0.294. The molecular weight excluding hydrogens is 752 g/mol. The van der Waals surface area contributed by atoms with E-state index >= 15 is 0 Å². The molecule has 2 aromatic carbocycles. The number of pyridine rings is 2. The second-order valence-corrected chi connectivity index (χ2v) is 12.4. The first-order valence-corrected chi connectivity index (χ1v) is 16.5. The predicted molar refractivity (Wildman–Crippen MR) is 187 cm³/mol. The van der Waals surface area contributed by atoms with E-state index in [9.17, 15) is 19.8 Å². The molecule has 0 unspecified atom stereocenters. The zero-order chi connectivity index (χ0) is 34.8. The number of halogens is 2. The Balaban J connectivity index is 1.57. The molecule has 0 aliphatic rings. The number of ether oxygens (including phenoxy) is 2. The molecule has 0 amide bonds. The Morgan fingerprint density at radius 3 is 1.40 bits per heavy atom. The molecule has 2 atom stereocenters. The van der Waals surface area contributed by atoms with Crippen LogP contribution >= 0.6 is 31.9 Å². The van der Waals surface area contributed by atoms with Crippen LogP contribution in [0.15, 0.2) is 69.6 Å². The second-order valence-electron chi connectivity index (χ2n) is 10.8. The monoisotopic (exact) mass is 786 g/mol. The molecule has 48 heavy (non-hydrogen) atoms. The second kappa shape index (κ2) is 17.5. The van der Waals surface area contributed by atoms with Gasteiger partial charge in [-0.1, -0.05) is 48.5 Å². The summed E-state index contributed by atoms with van der Waals surface area (Å²) in [4.78, 5) is 31.1. The quantitative estimate of drug-likeness (QED) is 0.0856. The lowest BCUT2D eigenvalue weighted by Gasteiger charge is -2.16. The molecule has 2 aromatic heterocycles. The van der Waals surface area contributed by atoms with E-state index in [0.29, 0.717) is 36.2 Å². The van der Waals surface area contributed by atoms with Crippen molar-refractivity contribution in [3.05, 3.63) is 80.7 Å². The van der Waals surface area contributed by atoms with Gasteiger partial charge in [0.1, 0.15) is 0 Å². The van der Waals surface area contributed by atoms with Crippen molar-refractivity contribution >= 4 is 43.8 Å². The minimum absolute atomic E-state index is 0.115. The van der Waals surface area contributed by atoms with Crippen molar-refractivity contribution in [1.29, 1.82) is 0 Å². The van der Waals surface area contributed by atoms with Gasteiger partial charge in [0.15, 0.2) is 0 Å². The van der Waals surface area contributed by atoms with Gasteiger partial charge in [-0.05, 0) is 55.1 Å². The average molecular weight is 788 g/mol. The van der Waals surface area contributed by atoms with Crippen molar-refractivity contribution in [2.24, 2.45) is 0 Å². The predicted octanol–water partition coefficient (Wildman–Crippen LogP) is 4.87. The van der Waals surface area contributed by atoms with Crippen LogP contribution in [-0.2, 0) is 22.7 Å². The van der Waals surface area contributed by atoms with E-state index in [1.807, 2.05) is 60.7 Å². The van der Waals surface area contributed by atoms with Gasteiger partial charge < -0.3 is 40.5 Å². The summed E-state index contributed by atoms with van der Waals surface area (Å²) >= 11 is 7.62. The number of hydrogen-bond donors (Lipinski definition) is 6. The van der Waals surface area contributed by atoms with E-state index < -0.39 is 24.1 Å². The number of benzene rings is 2. The van der Waals surface area contributed by atoms with Crippen molar-refractivity contribution in [3.8, 4) is 45.4 Å². The standard InChI is InChI=1S/C34H36Br2N4O8/c1-47-33-19(15-37-17-21(41)13-29(43)44)9-11-27(39-33)25-7-3-5-23(31(25)35)24-6-4-8-26(32(24)36)28-12-10-20(34(40-28)48-2)16-38-18-22(42)14-30(45)46/h3-12,21-22,37-38,41-42H,13-18H2,1-2H3,(H,43,44)(H,45,46)/t21-,22-/m0/s1. The maximum atomic E-state index is 10.8. The number of carboxylic acid groups (broad SMARTS) is 2. The first-order valence-electron chi connectivity index (χ1n) is 14.9. The van der Waals surface area contributed by atoms with Crippen LogP contribution in [0, 0.1) is 0 Å². The lowest BCUT2D eigenvalue weighted by molar-refractivity contribution is -0.140. The smallest absolute Gasteiger partial charge is 0.306 e. The van der Waals surface area contributed by atoms with Gasteiger partial charge in [0.05, 0.1) is 50.7 Å². The number of methoxy groups -OCH3 is 2. The van der Waals surface area contributed by atoms with Crippen LogP contribution in [0.5, 0.6) is 11.8 Å². The van der Waals surface area contributed by atoms with Crippen LogP contribution in [-0.4, -0.2) is 81.8 Å². The third-order valence-corrected chi connectivity index (χ3v) is 9.02. The minimum Gasteiger partial charge on any atom is -0.481 e. The molecule has 0 fully saturated rings. The van der Waals surface area contributed by atoms with Gasteiger partial charge in [-0.15, -0.1) is 0 Å². The number of rotatable bonds is 17. The van der Waals surface area contributed by atoms with Crippen LogP contribution < -0.4 is 20.1 Å². The summed E-state index contributed by atoms with van der Waals surface area (Å²) in [5.74, 6) is -1.32. The van der Waals surface area contributed by atoms with Crippen molar-refractivity contribution in [2.45, 2.75) is 38.1 Å². The van der Waals surface area contributed by atoms with Crippen molar-refractivity contribution in [1.82, 2.24) is 20.6 Å². The van der Waals surface area contributed by atoms with Crippen molar-refractivity contribution < 1.29 is 39.5 Å². The molecule has 2 heterocycles. The number of aliphatic carboxylic acids is 2. The zero-order valence-electron chi connectivity index (χ0n) is 26.2. The number of carbonyl (C=O) groups is 2. The molecule has 0 saturated carbocycles. The molecule has 254 valence electrons. The molecule has 4 aromatic rings. The Hall–Kier alpha value is -3.92. The molecule has 0 radical (unpaired) electrons. The van der Waals surface area contributed by atoms with Crippen LogP contribution in [0.2, 0.25) is 0 Å². The minimum atomic E-state index is -1.06. The first kappa shape index (κ1) is 36.9. The Morgan fingerprint density at radius 2 is 1.04 bits per heavy atom. The summed E-state index contributed by atoms with van der Waals surface area (Å²) in [6, 6.07) is 19.3. The van der Waals surface area contributed by atoms with Gasteiger partial charge in [0, 0.05) is 57.4 Å². The van der Waals surface area contributed by atoms with Gasteiger partial charge >= 0.3 is 11.9 Å². The van der Waals surface area contributed by atoms with Gasteiger partial charge in [-0.2, -0.15) is 0 Å². The molecule has 0 saturated heterocycles. The maximum absolute atomic E-state index is 10.8. The molecule has 12 nitrogen and oxygen atoms in total. The SMILES string of the molecule is COc1nc(-c2cccc(-c3cccc(-c4ccc(CNC[C@@H](O)CC(=O)O)c(OC)n4)c3Br)c2Br)ccc1CNC[C@@H](O)CC(=O)O. The van der Waals surface area contributed by atoms with E-state index in [-0.39, 0.29) is 25.9 Å². The first-order chi connectivity index (χ1) is 23.0. The van der Waals surface area contributed by atoms with Crippen LogP contribution in [0.25, 0.3) is 33.6 Å². The molecule has 4 rings (SSSR count). The molecule has 0 aliphatic heterocycles. The van der Waals surface area contributed by atoms with Gasteiger partial charge in [-0.3, -0.25) is 9.59 Å². The normalized spacial score (nSPS) is 12.4. The number of aliphatic hydroxyl groups excluding tert-OH is 2. The van der Waals surface area contributed by atoms with E-state index in [0.717, 1.165) is 42.3 Å². The Bertz CT molecular complexity index is 1630. The lowest BCUT2D eigenvalue weighted by Crippen LogP contribution is -2.28. The molecule has 0 spiro atoms. The van der Waals surface area contributed by atoms with E-state index in [1.165, 1.54) is 14.2 Å². The fourth-order valence-electron chi connectivity index (χ4n) is 5.03. The van der Waals surface area contributed by atoms with E-state index in [1.54, 1.807) is 0 Å². The molecule has 14 heteroatoms. The fourth-order valence-corrected chi connectivity index (χ4v) is 6.39. The molecular formula is C34H36Br2N4O8. The number of aromatic nitrogens is 2. The van der Waals surface area contributed by atoms with E-state index in [2.05, 4.69) is 42.5 Å². The number of hydrogen-bond acceptors (Lipinski definition) is 10. The van der Waals surface area contributed by atoms with Gasteiger partial charge in [0.25, 0.3) is 0 Å². The van der Waals surface area contributed by atoms with E-state index in [4.69, 9.17) is 29.7 Å². The average Bonchev–Trinajstić information content (AvgIpc) is 3.05. The number of aliphatic hydroxyl groups is 2. The number of nitrogens with one attached hydrogen (secondary N) is 2. The lowest BCUT2D eigenvalue weighted by atomic mass is 9.98. The van der Waals surface area contributed by atoms with Gasteiger partial charge in [-0.25, -0.2) is 9.97 Å². The number of carboxylic acids is 2. The van der Waals surface area contributed by atoms with Crippen LogP contribution in [0.4, 0.5) is 0 Å². The maximum Gasteiger partial charge on any atom is 0.306 e. The zero-order valence-corrected chi connectivity index (χ0v) is 29.4.